The number of hydrogen-bond donors (Lipinski definition) is 1. The molecule has 1 atom stereocenters. The van der Waals surface area contributed by atoms with Gasteiger partial charge in [0.05, 0.1) is 13.2 Å². The third-order valence-corrected chi connectivity index (χ3v) is 4.98. The molecule has 3 rings (SSSR count). The van der Waals surface area contributed by atoms with E-state index in [0.29, 0.717) is 17.7 Å². The Hall–Kier alpha value is -1.55. The fraction of sp³-hybridized carbons (Fsp3) is 0.400. The summed E-state index contributed by atoms with van der Waals surface area (Å²) in [6.07, 6.45) is 3.57. The summed E-state index contributed by atoms with van der Waals surface area (Å²) in [7, 11) is 2.18. The van der Waals surface area contributed by atoms with Gasteiger partial charge in [-0.05, 0) is 67.7 Å². The van der Waals surface area contributed by atoms with Crippen molar-refractivity contribution in [2.24, 2.45) is 0 Å². The molecule has 3 nitrogen and oxygen atoms in total. The molecule has 4 heteroatoms. The molecule has 0 bridgehead atoms. The fourth-order valence-corrected chi connectivity index (χ4v) is 3.62. The molecule has 1 unspecified atom stereocenters. The minimum atomic E-state index is 0.00684. The highest BCUT2D eigenvalue weighted by Gasteiger charge is 2.20. The molecule has 24 heavy (non-hydrogen) atoms. The van der Waals surface area contributed by atoms with Crippen molar-refractivity contribution in [1.29, 1.82) is 0 Å². The largest absolute Gasteiger partial charge is 0.493 e. The highest BCUT2D eigenvalue weighted by Crippen LogP contribution is 2.31. The number of rotatable bonds is 6. The fourth-order valence-electron chi connectivity index (χ4n) is 3.40. The van der Waals surface area contributed by atoms with E-state index in [9.17, 15) is 5.11 Å². The average Bonchev–Trinajstić information content (AvgIpc) is 2.99. The lowest BCUT2D eigenvalue weighted by Crippen LogP contribution is -2.26. The first-order valence-corrected chi connectivity index (χ1v) is 8.88. The standard InChI is InChI=1S/C20H24ClNO2/c1-22-9-4-6-18(22)8-10-24-19-12-16(11-17(21)13-19)20-7-3-2-5-15(20)14-23/h2-3,5,7,11-13,18,23H,4,6,8-10,14H2,1H3. The monoisotopic (exact) mass is 345 g/mol. The molecule has 1 N–H and O–H groups in total. The summed E-state index contributed by atoms with van der Waals surface area (Å²) in [5.41, 5.74) is 2.85. The highest BCUT2D eigenvalue weighted by atomic mass is 35.5. The summed E-state index contributed by atoms with van der Waals surface area (Å²) in [6, 6.07) is 14.2. The van der Waals surface area contributed by atoms with Crippen molar-refractivity contribution in [3.8, 4) is 16.9 Å². The predicted molar refractivity (Wildman–Crippen MR) is 98.6 cm³/mol. The van der Waals surface area contributed by atoms with Gasteiger partial charge >= 0.3 is 0 Å². The molecule has 1 aliphatic heterocycles. The van der Waals surface area contributed by atoms with Gasteiger partial charge in [0.1, 0.15) is 5.75 Å². The lowest BCUT2D eigenvalue weighted by molar-refractivity contribution is 0.233. The van der Waals surface area contributed by atoms with Crippen molar-refractivity contribution < 1.29 is 9.84 Å². The van der Waals surface area contributed by atoms with Crippen LogP contribution in [-0.2, 0) is 6.61 Å². The molecule has 2 aromatic rings. The normalized spacial score (nSPS) is 18.0. The summed E-state index contributed by atoms with van der Waals surface area (Å²) in [4.78, 5) is 2.41. The van der Waals surface area contributed by atoms with E-state index in [1.165, 1.54) is 19.4 Å². The number of hydrogen-bond acceptors (Lipinski definition) is 3. The van der Waals surface area contributed by atoms with Crippen molar-refractivity contribution in [3.05, 3.63) is 53.1 Å². The molecular formula is C20H24ClNO2. The predicted octanol–water partition coefficient (Wildman–Crippen LogP) is 4.36. The zero-order valence-corrected chi connectivity index (χ0v) is 14.8. The van der Waals surface area contributed by atoms with Crippen molar-refractivity contribution in [3.63, 3.8) is 0 Å². The van der Waals surface area contributed by atoms with Gasteiger partial charge in [0.2, 0.25) is 0 Å². The lowest BCUT2D eigenvalue weighted by atomic mass is 10.00. The van der Waals surface area contributed by atoms with Gasteiger partial charge in [0, 0.05) is 11.1 Å². The lowest BCUT2D eigenvalue weighted by Gasteiger charge is -2.19. The van der Waals surface area contributed by atoms with Crippen LogP contribution in [0.25, 0.3) is 11.1 Å². The maximum atomic E-state index is 9.54. The molecule has 0 aliphatic carbocycles. The van der Waals surface area contributed by atoms with E-state index >= 15 is 0 Å². The average molecular weight is 346 g/mol. The van der Waals surface area contributed by atoms with Crippen LogP contribution < -0.4 is 4.74 Å². The van der Waals surface area contributed by atoms with Gasteiger partial charge in [-0.3, -0.25) is 0 Å². The van der Waals surface area contributed by atoms with Crippen LogP contribution >= 0.6 is 11.6 Å². The van der Waals surface area contributed by atoms with Crippen LogP contribution in [0.3, 0.4) is 0 Å². The van der Waals surface area contributed by atoms with Gasteiger partial charge in [-0.1, -0.05) is 35.9 Å². The minimum absolute atomic E-state index is 0.00684. The van der Waals surface area contributed by atoms with E-state index in [1.807, 2.05) is 42.5 Å². The van der Waals surface area contributed by atoms with Crippen molar-refractivity contribution >= 4 is 11.6 Å². The van der Waals surface area contributed by atoms with Crippen LogP contribution in [0.2, 0.25) is 5.02 Å². The molecule has 128 valence electrons. The van der Waals surface area contributed by atoms with Crippen LogP contribution in [0.1, 0.15) is 24.8 Å². The number of benzene rings is 2. The van der Waals surface area contributed by atoms with Crippen LogP contribution in [0.4, 0.5) is 0 Å². The topological polar surface area (TPSA) is 32.7 Å². The van der Waals surface area contributed by atoms with E-state index in [1.54, 1.807) is 0 Å². The second kappa shape index (κ2) is 8.02. The molecule has 1 fully saturated rings. The number of ether oxygens (including phenoxy) is 1. The molecule has 0 amide bonds. The second-order valence-corrected chi connectivity index (χ2v) is 6.84. The molecular weight excluding hydrogens is 322 g/mol. The van der Waals surface area contributed by atoms with E-state index in [2.05, 4.69) is 11.9 Å². The summed E-state index contributed by atoms with van der Waals surface area (Å²) < 4.78 is 5.96. The summed E-state index contributed by atoms with van der Waals surface area (Å²) >= 11 is 6.27. The Morgan fingerprint density at radius 3 is 2.83 bits per heavy atom. The van der Waals surface area contributed by atoms with Crippen molar-refractivity contribution in [2.75, 3.05) is 20.2 Å². The van der Waals surface area contributed by atoms with Crippen LogP contribution in [0.15, 0.2) is 42.5 Å². The van der Waals surface area contributed by atoms with E-state index in [0.717, 1.165) is 28.9 Å². The number of aliphatic hydroxyl groups excluding tert-OH is 1. The zero-order chi connectivity index (χ0) is 16.9. The van der Waals surface area contributed by atoms with Crippen LogP contribution in [-0.4, -0.2) is 36.2 Å². The SMILES string of the molecule is CN1CCCC1CCOc1cc(Cl)cc(-c2ccccc2CO)c1. The first kappa shape index (κ1) is 17.3. The van der Waals surface area contributed by atoms with Crippen molar-refractivity contribution in [1.82, 2.24) is 4.90 Å². The number of aliphatic hydroxyl groups is 1. The number of nitrogens with zero attached hydrogens (tertiary/aromatic N) is 1. The Kier molecular flexibility index (Phi) is 5.77. The van der Waals surface area contributed by atoms with Crippen LogP contribution in [0, 0.1) is 0 Å². The van der Waals surface area contributed by atoms with E-state index < -0.39 is 0 Å². The second-order valence-electron chi connectivity index (χ2n) is 6.40. The third-order valence-electron chi connectivity index (χ3n) is 4.76. The Balaban J connectivity index is 1.72. The Bertz CT molecular complexity index is 689. The molecule has 0 saturated carbocycles. The van der Waals surface area contributed by atoms with Gasteiger partial charge in [0.25, 0.3) is 0 Å². The molecule has 0 aromatic heterocycles. The Labute approximate surface area is 148 Å². The summed E-state index contributed by atoms with van der Waals surface area (Å²) in [5, 5.41) is 10.2. The quantitative estimate of drug-likeness (QED) is 0.844. The minimum Gasteiger partial charge on any atom is -0.493 e. The Morgan fingerprint density at radius 2 is 2.08 bits per heavy atom. The van der Waals surface area contributed by atoms with Crippen molar-refractivity contribution in [2.45, 2.75) is 31.9 Å². The number of halogens is 1. The summed E-state index contributed by atoms with van der Waals surface area (Å²) in [5.74, 6) is 0.783. The molecule has 0 spiro atoms. The zero-order valence-electron chi connectivity index (χ0n) is 14.0. The first-order chi connectivity index (χ1) is 11.7. The molecule has 0 radical (unpaired) electrons. The maximum Gasteiger partial charge on any atom is 0.121 e. The molecule has 2 aromatic carbocycles. The summed E-state index contributed by atoms with van der Waals surface area (Å²) in [6.45, 7) is 1.88. The van der Waals surface area contributed by atoms with Gasteiger partial charge in [0.15, 0.2) is 0 Å². The van der Waals surface area contributed by atoms with Gasteiger partial charge in [-0.25, -0.2) is 0 Å². The van der Waals surface area contributed by atoms with Gasteiger partial charge < -0.3 is 14.7 Å². The third kappa shape index (κ3) is 4.10. The first-order valence-electron chi connectivity index (χ1n) is 8.50. The van der Waals surface area contributed by atoms with Crippen LogP contribution in [0.5, 0.6) is 5.75 Å². The van der Waals surface area contributed by atoms with E-state index in [4.69, 9.17) is 16.3 Å². The van der Waals surface area contributed by atoms with Gasteiger partial charge in [-0.2, -0.15) is 0 Å². The Morgan fingerprint density at radius 1 is 1.25 bits per heavy atom. The molecule has 1 aliphatic rings. The highest BCUT2D eigenvalue weighted by molar-refractivity contribution is 6.31. The molecule has 1 saturated heterocycles. The smallest absolute Gasteiger partial charge is 0.121 e. The molecule has 1 heterocycles. The van der Waals surface area contributed by atoms with E-state index in [-0.39, 0.29) is 6.61 Å². The van der Waals surface area contributed by atoms with Gasteiger partial charge in [-0.15, -0.1) is 0 Å². The maximum absolute atomic E-state index is 9.54. The number of likely N-dealkylation sites (tertiary alicyclic amines) is 1.